The van der Waals surface area contributed by atoms with Crippen LogP contribution < -0.4 is 4.68 Å². The van der Waals surface area contributed by atoms with E-state index in [9.17, 15) is 0 Å². The van der Waals surface area contributed by atoms with Crippen molar-refractivity contribution in [2.45, 2.75) is 66.1 Å². The molecule has 6 heteroatoms. The SMILES string of the molecule is CC(C)c1c[n+](Cn2nncc2C(C)C)n(C(C)C)n1. The molecule has 0 saturated carbocycles. The average Bonchev–Trinajstić information content (AvgIpc) is 2.95. The molecule has 0 aromatic carbocycles. The average molecular weight is 277 g/mol. The van der Waals surface area contributed by atoms with E-state index in [4.69, 9.17) is 0 Å². The minimum atomic E-state index is 0.313. The van der Waals surface area contributed by atoms with Gasteiger partial charge >= 0.3 is 0 Å². The second-order valence-electron chi connectivity index (χ2n) is 6.12. The van der Waals surface area contributed by atoms with Crippen molar-refractivity contribution in [1.29, 1.82) is 0 Å². The van der Waals surface area contributed by atoms with Gasteiger partial charge in [0.1, 0.15) is 6.04 Å². The molecular formula is C14H25N6+. The number of rotatable bonds is 5. The standard InChI is InChI=1S/C14H25N6/c1-10(2)13-8-18(20(16-13)12(5)6)9-19-14(11(3)4)7-15-17-19/h7-8,10-12H,9H2,1-6H3/q+1. The molecule has 0 bridgehead atoms. The van der Waals surface area contributed by atoms with Crippen molar-refractivity contribution in [3.05, 3.63) is 23.8 Å². The van der Waals surface area contributed by atoms with Crippen molar-refractivity contribution in [3.8, 4) is 0 Å². The van der Waals surface area contributed by atoms with Crippen LogP contribution in [0.1, 0.15) is 70.8 Å². The van der Waals surface area contributed by atoms with Crippen LogP contribution in [-0.2, 0) is 6.67 Å². The van der Waals surface area contributed by atoms with Crippen LogP contribution in [0.2, 0.25) is 0 Å². The third kappa shape index (κ3) is 2.89. The molecule has 6 nitrogen and oxygen atoms in total. The van der Waals surface area contributed by atoms with Gasteiger partial charge in [-0.15, -0.1) is 9.78 Å². The van der Waals surface area contributed by atoms with Crippen molar-refractivity contribution >= 4 is 0 Å². The smallest absolute Gasteiger partial charge is 0.207 e. The van der Waals surface area contributed by atoms with E-state index in [0.717, 1.165) is 11.4 Å². The molecule has 0 unspecified atom stereocenters. The van der Waals surface area contributed by atoms with Crippen LogP contribution in [0.25, 0.3) is 0 Å². The fourth-order valence-electron chi connectivity index (χ4n) is 2.16. The van der Waals surface area contributed by atoms with Crippen LogP contribution in [-0.4, -0.2) is 24.9 Å². The fourth-order valence-corrected chi connectivity index (χ4v) is 2.16. The van der Waals surface area contributed by atoms with Crippen molar-refractivity contribution in [1.82, 2.24) is 24.9 Å². The first-order valence-corrected chi connectivity index (χ1v) is 7.27. The summed E-state index contributed by atoms with van der Waals surface area (Å²) in [6.07, 6.45) is 3.95. The predicted molar refractivity (Wildman–Crippen MR) is 76.4 cm³/mol. The molecule has 0 radical (unpaired) electrons. The predicted octanol–water partition coefficient (Wildman–Crippen LogP) is 2.10. The Balaban J connectivity index is 2.34. The maximum atomic E-state index is 4.68. The van der Waals surface area contributed by atoms with Gasteiger partial charge < -0.3 is 0 Å². The van der Waals surface area contributed by atoms with Crippen molar-refractivity contribution in [3.63, 3.8) is 0 Å². The second kappa shape index (κ2) is 5.73. The molecule has 0 spiro atoms. The van der Waals surface area contributed by atoms with Gasteiger partial charge in [0.25, 0.3) is 0 Å². The van der Waals surface area contributed by atoms with Gasteiger partial charge in [-0.2, -0.15) is 0 Å². The molecule has 0 aliphatic carbocycles. The van der Waals surface area contributed by atoms with Crippen molar-refractivity contribution < 1.29 is 4.68 Å². The summed E-state index contributed by atoms with van der Waals surface area (Å²) in [5, 5.41) is 12.9. The van der Waals surface area contributed by atoms with Crippen LogP contribution in [0.4, 0.5) is 0 Å². The Bertz CT molecular complexity index is 564. The van der Waals surface area contributed by atoms with Crippen molar-refractivity contribution in [2.24, 2.45) is 0 Å². The molecule has 2 rings (SSSR count). The molecule has 20 heavy (non-hydrogen) atoms. The van der Waals surface area contributed by atoms with Gasteiger partial charge in [0.15, 0.2) is 6.20 Å². The normalized spacial score (nSPS) is 12.1. The zero-order valence-corrected chi connectivity index (χ0v) is 13.3. The minimum absolute atomic E-state index is 0.313. The molecule has 2 aromatic heterocycles. The van der Waals surface area contributed by atoms with Gasteiger partial charge in [-0.25, -0.2) is 4.68 Å². The Kier molecular flexibility index (Phi) is 4.20. The van der Waals surface area contributed by atoms with Crippen LogP contribution in [0.5, 0.6) is 0 Å². The molecular weight excluding hydrogens is 252 g/mol. The quantitative estimate of drug-likeness (QED) is 0.786. The fraction of sp³-hybridized carbons (Fsp3) is 0.714. The van der Waals surface area contributed by atoms with E-state index >= 15 is 0 Å². The zero-order chi connectivity index (χ0) is 14.9. The van der Waals surface area contributed by atoms with Gasteiger partial charge in [-0.3, -0.25) is 0 Å². The number of aromatic nitrogens is 6. The van der Waals surface area contributed by atoms with E-state index in [1.807, 2.05) is 15.7 Å². The Morgan fingerprint density at radius 1 is 1.10 bits per heavy atom. The Hall–Kier alpha value is -1.72. The summed E-state index contributed by atoms with van der Waals surface area (Å²) in [6, 6.07) is 0.313. The summed E-state index contributed by atoms with van der Waals surface area (Å²) in [4.78, 5) is 2.02. The molecule has 2 heterocycles. The zero-order valence-electron chi connectivity index (χ0n) is 13.3. The number of hydrogen-bond donors (Lipinski definition) is 0. The first-order valence-electron chi connectivity index (χ1n) is 7.27. The van der Waals surface area contributed by atoms with Gasteiger partial charge in [0, 0.05) is 11.0 Å². The lowest BCUT2D eigenvalue weighted by Crippen LogP contribution is -2.47. The first kappa shape index (κ1) is 14.7. The monoisotopic (exact) mass is 277 g/mol. The molecule has 0 N–H and O–H groups in total. The van der Waals surface area contributed by atoms with Crippen LogP contribution in [0, 0.1) is 0 Å². The summed E-state index contributed by atoms with van der Waals surface area (Å²) < 4.78 is 4.05. The van der Waals surface area contributed by atoms with Gasteiger partial charge in [-0.05, 0) is 24.6 Å². The molecule has 110 valence electrons. The van der Waals surface area contributed by atoms with Crippen molar-refractivity contribution in [2.75, 3.05) is 0 Å². The number of hydrogen-bond acceptors (Lipinski definition) is 3. The lowest BCUT2D eigenvalue weighted by molar-refractivity contribution is -0.786. The van der Waals surface area contributed by atoms with Gasteiger partial charge in [-0.1, -0.05) is 32.9 Å². The minimum Gasteiger partial charge on any atom is -0.207 e. The second-order valence-corrected chi connectivity index (χ2v) is 6.12. The van der Waals surface area contributed by atoms with E-state index in [1.54, 1.807) is 0 Å². The highest BCUT2D eigenvalue weighted by molar-refractivity contribution is 4.99. The lowest BCUT2D eigenvalue weighted by Gasteiger charge is -2.09. The van der Waals surface area contributed by atoms with E-state index in [1.165, 1.54) is 0 Å². The van der Waals surface area contributed by atoms with Crippen LogP contribution in [0.15, 0.2) is 12.4 Å². The molecule has 0 aliphatic rings. The first-order chi connectivity index (χ1) is 9.40. The topological polar surface area (TPSA) is 52.4 Å². The van der Waals surface area contributed by atoms with E-state index in [0.29, 0.717) is 24.5 Å². The molecule has 0 atom stereocenters. The Labute approximate surface area is 120 Å². The third-order valence-corrected chi connectivity index (χ3v) is 3.33. The molecule has 0 amide bonds. The molecule has 0 aliphatic heterocycles. The summed E-state index contributed by atoms with van der Waals surface area (Å²) in [5.41, 5.74) is 2.24. The third-order valence-electron chi connectivity index (χ3n) is 3.33. The highest BCUT2D eigenvalue weighted by Crippen LogP contribution is 2.13. The van der Waals surface area contributed by atoms with Crippen LogP contribution >= 0.6 is 0 Å². The van der Waals surface area contributed by atoms with E-state index in [2.05, 4.69) is 67.8 Å². The maximum absolute atomic E-state index is 4.68. The van der Waals surface area contributed by atoms with Gasteiger partial charge in [0.2, 0.25) is 12.4 Å². The molecule has 0 saturated heterocycles. The largest absolute Gasteiger partial charge is 0.221 e. The summed E-state index contributed by atoms with van der Waals surface area (Å²) in [7, 11) is 0. The van der Waals surface area contributed by atoms with Crippen LogP contribution in [0.3, 0.4) is 0 Å². The highest BCUT2D eigenvalue weighted by atomic mass is 15.6. The number of nitrogens with zero attached hydrogens (tertiary/aromatic N) is 6. The van der Waals surface area contributed by atoms with E-state index in [-0.39, 0.29) is 0 Å². The maximum Gasteiger partial charge on any atom is 0.221 e. The van der Waals surface area contributed by atoms with E-state index < -0.39 is 0 Å². The summed E-state index contributed by atoms with van der Waals surface area (Å²) >= 11 is 0. The summed E-state index contributed by atoms with van der Waals surface area (Å²) in [6.45, 7) is 13.5. The Morgan fingerprint density at radius 2 is 1.80 bits per heavy atom. The molecule has 0 fully saturated rings. The Morgan fingerprint density at radius 3 is 2.35 bits per heavy atom. The van der Waals surface area contributed by atoms with Gasteiger partial charge in [0.05, 0.1) is 11.9 Å². The molecule has 2 aromatic rings. The highest BCUT2D eigenvalue weighted by Gasteiger charge is 2.22. The lowest BCUT2D eigenvalue weighted by atomic mass is 10.1. The summed E-state index contributed by atoms with van der Waals surface area (Å²) in [5.74, 6) is 0.826.